The Morgan fingerprint density at radius 3 is 1.42 bits per heavy atom. The Balaban J connectivity index is 1.63. The molecule has 2 heteroatoms. The van der Waals surface area contributed by atoms with Crippen molar-refractivity contribution in [1.82, 2.24) is 0 Å². The number of unbranched alkanes of at least 4 members (excludes halogenated alkanes) is 12. The summed E-state index contributed by atoms with van der Waals surface area (Å²) in [5, 5.41) is 9.00. The average molecular weight is 270 g/mol. The molecule has 0 aliphatic carbocycles. The zero-order valence-corrected chi connectivity index (χ0v) is 12.9. The lowest BCUT2D eigenvalue weighted by Gasteiger charge is -2.02. The van der Waals surface area contributed by atoms with Crippen LogP contribution in [0.4, 0.5) is 0 Å². The fraction of sp³-hybridized carbons (Fsp3) is 1.00. The maximum absolute atomic E-state index is 9.00. The van der Waals surface area contributed by atoms with Gasteiger partial charge in [0.1, 0.15) is 6.10 Å². The molecule has 1 N–H and O–H groups in total. The van der Waals surface area contributed by atoms with Gasteiger partial charge in [-0.1, -0.05) is 90.4 Å². The molecule has 114 valence electrons. The van der Waals surface area contributed by atoms with Crippen LogP contribution in [0.2, 0.25) is 0 Å². The SMILES string of the molecule is CCCCCCCCCCCCCCCC1OC1O. The van der Waals surface area contributed by atoms with Crippen LogP contribution in [0.25, 0.3) is 0 Å². The van der Waals surface area contributed by atoms with Crippen LogP contribution in [0.15, 0.2) is 0 Å². The second-order valence-corrected chi connectivity index (χ2v) is 6.10. The van der Waals surface area contributed by atoms with Gasteiger partial charge in [-0.05, 0) is 6.42 Å². The normalized spacial score (nSPS) is 21.8. The van der Waals surface area contributed by atoms with Crippen LogP contribution in [-0.4, -0.2) is 17.5 Å². The molecule has 1 heterocycles. The number of aliphatic hydroxyl groups excluding tert-OH is 1. The highest BCUT2D eigenvalue weighted by atomic mass is 16.7. The van der Waals surface area contributed by atoms with Crippen molar-refractivity contribution in [3.63, 3.8) is 0 Å². The molecule has 0 bridgehead atoms. The van der Waals surface area contributed by atoms with Crippen LogP contribution in [0, 0.1) is 0 Å². The highest BCUT2D eigenvalue weighted by molar-refractivity contribution is 4.74. The minimum absolute atomic E-state index is 0.174. The van der Waals surface area contributed by atoms with Gasteiger partial charge < -0.3 is 9.84 Å². The van der Waals surface area contributed by atoms with E-state index in [-0.39, 0.29) is 6.10 Å². The summed E-state index contributed by atoms with van der Waals surface area (Å²) in [6.45, 7) is 2.28. The Morgan fingerprint density at radius 1 is 0.684 bits per heavy atom. The van der Waals surface area contributed by atoms with E-state index in [1.165, 1.54) is 83.5 Å². The van der Waals surface area contributed by atoms with Gasteiger partial charge in [0, 0.05) is 0 Å². The summed E-state index contributed by atoms with van der Waals surface area (Å²) in [6, 6.07) is 0. The largest absolute Gasteiger partial charge is 0.366 e. The maximum Gasteiger partial charge on any atom is 0.181 e. The van der Waals surface area contributed by atoms with Crippen LogP contribution < -0.4 is 0 Å². The van der Waals surface area contributed by atoms with Crippen molar-refractivity contribution in [1.29, 1.82) is 0 Å². The summed E-state index contributed by atoms with van der Waals surface area (Å²) >= 11 is 0. The molecule has 1 saturated heterocycles. The van der Waals surface area contributed by atoms with Gasteiger partial charge in [-0.25, -0.2) is 0 Å². The molecule has 1 aliphatic rings. The average Bonchev–Trinajstić information content (AvgIpc) is 3.11. The second kappa shape index (κ2) is 11.7. The highest BCUT2D eigenvalue weighted by Gasteiger charge is 2.35. The van der Waals surface area contributed by atoms with Gasteiger partial charge in [-0.3, -0.25) is 0 Å². The zero-order chi connectivity index (χ0) is 13.8. The van der Waals surface area contributed by atoms with Crippen LogP contribution in [-0.2, 0) is 4.74 Å². The molecule has 1 rings (SSSR count). The Morgan fingerprint density at radius 2 is 1.05 bits per heavy atom. The Bertz CT molecular complexity index is 194. The van der Waals surface area contributed by atoms with Crippen molar-refractivity contribution >= 4 is 0 Å². The molecule has 1 aliphatic heterocycles. The summed E-state index contributed by atoms with van der Waals surface area (Å²) in [6.07, 6.45) is 18.9. The van der Waals surface area contributed by atoms with Crippen molar-refractivity contribution in [2.24, 2.45) is 0 Å². The quantitative estimate of drug-likeness (QED) is 0.348. The molecule has 2 unspecified atom stereocenters. The van der Waals surface area contributed by atoms with Crippen LogP contribution in [0.3, 0.4) is 0 Å². The summed E-state index contributed by atoms with van der Waals surface area (Å²) in [5.41, 5.74) is 0. The third-order valence-electron chi connectivity index (χ3n) is 4.15. The summed E-state index contributed by atoms with van der Waals surface area (Å²) < 4.78 is 4.98. The molecule has 2 atom stereocenters. The summed E-state index contributed by atoms with van der Waals surface area (Å²) in [4.78, 5) is 0. The summed E-state index contributed by atoms with van der Waals surface area (Å²) in [7, 11) is 0. The standard InChI is InChI=1S/C17H34O2/c1-2-3-4-5-6-7-8-9-10-11-12-13-14-15-16-17(18)19-16/h16-18H,2-15H2,1H3. The number of hydrogen-bond donors (Lipinski definition) is 1. The van der Waals surface area contributed by atoms with Gasteiger partial charge in [-0.15, -0.1) is 0 Å². The molecular weight excluding hydrogens is 236 g/mol. The van der Waals surface area contributed by atoms with Crippen molar-refractivity contribution < 1.29 is 9.84 Å². The first kappa shape index (κ1) is 17.0. The molecule has 0 aromatic rings. The van der Waals surface area contributed by atoms with E-state index in [9.17, 15) is 0 Å². The highest BCUT2D eigenvalue weighted by Crippen LogP contribution is 2.24. The van der Waals surface area contributed by atoms with Gasteiger partial charge in [-0.2, -0.15) is 0 Å². The van der Waals surface area contributed by atoms with E-state index in [1.807, 2.05) is 0 Å². The number of ether oxygens (including phenoxy) is 1. The van der Waals surface area contributed by atoms with E-state index < -0.39 is 6.29 Å². The fourth-order valence-corrected chi connectivity index (χ4v) is 2.71. The lowest BCUT2D eigenvalue weighted by molar-refractivity contribution is 0.156. The van der Waals surface area contributed by atoms with Crippen LogP contribution in [0.1, 0.15) is 96.8 Å². The predicted octanol–water partition coefficient (Wildman–Crippen LogP) is 5.18. The topological polar surface area (TPSA) is 32.8 Å². The van der Waals surface area contributed by atoms with Gasteiger partial charge >= 0.3 is 0 Å². The maximum atomic E-state index is 9.00. The lowest BCUT2D eigenvalue weighted by atomic mass is 10.0. The number of aliphatic hydroxyl groups is 1. The van der Waals surface area contributed by atoms with E-state index in [4.69, 9.17) is 9.84 Å². The molecule has 19 heavy (non-hydrogen) atoms. The molecule has 0 aromatic carbocycles. The van der Waals surface area contributed by atoms with Crippen molar-refractivity contribution in [2.45, 2.75) is 109 Å². The van der Waals surface area contributed by atoms with Gasteiger partial charge in [0.2, 0.25) is 0 Å². The molecule has 0 amide bonds. The van der Waals surface area contributed by atoms with E-state index in [2.05, 4.69) is 6.92 Å². The third-order valence-corrected chi connectivity index (χ3v) is 4.15. The molecule has 0 saturated carbocycles. The van der Waals surface area contributed by atoms with Crippen molar-refractivity contribution in [3.05, 3.63) is 0 Å². The lowest BCUT2D eigenvalue weighted by Crippen LogP contribution is -1.91. The first-order valence-corrected chi connectivity index (χ1v) is 8.68. The number of epoxide rings is 1. The molecule has 0 spiro atoms. The minimum Gasteiger partial charge on any atom is -0.366 e. The first-order valence-electron chi connectivity index (χ1n) is 8.68. The Hall–Kier alpha value is -0.0800. The molecular formula is C17H34O2. The Kier molecular flexibility index (Phi) is 10.5. The molecule has 0 aromatic heterocycles. The summed E-state index contributed by atoms with van der Waals surface area (Å²) in [5.74, 6) is 0. The molecule has 0 radical (unpaired) electrons. The van der Waals surface area contributed by atoms with E-state index in [0.717, 1.165) is 6.42 Å². The van der Waals surface area contributed by atoms with Gasteiger partial charge in [0.15, 0.2) is 6.29 Å². The van der Waals surface area contributed by atoms with E-state index >= 15 is 0 Å². The van der Waals surface area contributed by atoms with E-state index in [1.54, 1.807) is 0 Å². The predicted molar refractivity (Wildman–Crippen MR) is 81.2 cm³/mol. The monoisotopic (exact) mass is 270 g/mol. The number of rotatable bonds is 14. The van der Waals surface area contributed by atoms with E-state index in [0.29, 0.717) is 0 Å². The number of hydrogen-bond acceptors (Lipinski definition) is 2. The van der Waals surface area contributed by atoms with Gasteiger partial charge in [0.25, 0.3) is 0 Å². The third kappa shape index (κ3) is 10.4. The van der Waals surface area contributed by atoms with Crippen LogP contribution in [0.5, 0.6) is 0 Å². The fourth-order valence-electron chi connectivity index (χ4n) is 2.71. The molecule has 2 nitrogen and oxygen atoms in total. The van der Waals surface area contributed by atoms with Crippen LogP contribution >= 0.6 is 0 Å². The minimum atomic E-state index is -0.433. The zero-order valence-electron chi connectivity index (χ0n) is 12.9. The second-order valence-electron chi connectivity index (χ2n) is 6.10. The van der Waals surface area contributed by atoms with Crippen molar-refractivity contribution in [2.75, 3.05) is 0 Å². The smallest absolute Gasteiger partial charge is 0.181 e. The Labute approximate surface area is 119 Å². The van der Waals surface area contributed by atoms with Crippen molar-refractivity contribution in [3.8, 4) is 0 Å². The first-order chi connectivity index (χ1) is 9.34. The molecule has 1 fully saturated rings. The van der Waals surface area contributed by atoms with Gasteiger partial charge in [0.05, 0.1) is 0 Å².